The molecule has 0 aliphatic carbocycles. The van der Waals surface area contributed by atoms with Gasteiger partial charge in [-0.1, -0.05) is 6.07 Å². The summed E-state index contributed by atoms with van der Waals surface area (Å²) in [7, 11) is 0. The number of carbonyl (C=O) groups is 1. The number of esters is 1. The second kappa shape index (κ2) is 5.65. The number of aromatic nitrogens is 2. The number of hydrogen-bond donors (Lipinski definition) is 0. The highest BCUT2D eigenvalue weighted by atomic mass is 19.1. The SMILES string of the molecule is CCOC(=O)c1cnn(Cc2ccc(F)cc2C)c1. The standard InChI is InChI=1S/C14H15FN2O2/c1-3-19-14(18)12-7-16-17(9-12)8-11-4-5-13(15)6-10(11)2/h4-7,9H,3,8H2,1-2H3. The number of hydrogen-bond acceptors (Lipinski definition) is 3. The Hall–Kier alpha value is -2.17. The van der Waals surface area contributed by atoms with Gasteiger partial charge in [-0.2, -0.15) is 5.10 Å². The summed E-state index contributed by atoms with van der Waals surface area (Å²) in [4.78, 5) is 11.5. The van der Waals surface area contributed by atoms with E-state index in [0.29, 0.717) is 18.7 Å². The number of nitrogens with zero attached hydrogens (tertiary/aromatic N) is 2. The molecule has 0 radical (unpaired) electrons. The molecule has 0 unspecified atom stereocenters. The summed E-state index contributed by atoms with van der Waals surface area (Å²) in [6.07, 6.45) is 3.09. The van der Waals surface area contributed by atoms with Gasteiger partial charge in [-0.3, -0.25) is 4.68 Å². The van der Waals surface area contributed by atoms with E-state index in [-0.39, 0.29) is 11.8 Å². The van der Waals surface area contributed by atoms with Gasteiger partial charge in [0.2, 0.25) is 0 Å². The van der Waals surface area contributed by atoms with Crippen LogP contribution in [0.1, 0.15) is 28.4 Å². The molecule has 0 saturated carbocycles. The van der Waals surface area contributed by atoms with E-state index in [1.807, 2.05) is 6.92 Å². The number of carbonyl (C=O) groups excluding carboxylic acids is 1. The number of ether oxygens (including phenoxy) is 1. The van der Waals surface area contributed by atoms with Crippen molar-refractivity contribution < 1.29 is 13.9 Å². The zero-order valence-corrected chi connectivity index (χ0v) is 10.9. The summed E-state index contributed by atoms with van der Waals surface area (Å²) >= 11 is 0. The van der Waals surface area contributed by atoms with Crippen molar-refractivity contribution in [1.82, 2.24) is 9.78 Å². The molecular weight excluding hydrogens is 247 g/mol. The van der Waals surface area contributed by atoms with Gasteiger partial charge >= 0.3 is 5.97 Å². The van der Waals surface area contributed by atoms with Crippen molar-refractivity contribution in [2.24, 2.45) is 0 Å². The molecule has 0 fully saturated rings. The van der Waals surface area contributed by atoms with Crippen molar-refractivity contribution in [3.05, 3.63) is 53.1 Å². The van der Waals surface area contributed by atoms with Crippen LogP contribution in [0.3, 0.4) is 0 Å². The third kappa shape index (κ3) is 3.19. The highest BCUT2D eigenvalue weighted by Gasteiger charge is 2.10. The molecule has 2 aromatic rings. The normalized spacial score (nSPS) is 10.5. The lowest BCUT2D eigenvalue weighted by atomic mass is 10.1. The fourth-order valence-corrected chi connectivity index (χ4v) is 1.78. The predicted molar refractivity (Wildman–Crippen MR) is 68.4 cm³/mol. The Labute approximate surface area is 110 Å². The van der Waals surface area contributed by atoms with Gasteiger partial charge in [-0.25, -0.2) is 9.18 Å². The van der Waals surface area contributed by atoms with Gasteiger partial charge in [-0.15, -0.1) is 0 Å². The topological polar surface area (TPSA) is 44.1 Å². The summed E-state index contributed by atoms with van der Waals surface area (Å²) in [5, 5.41) is 4.10. The molecule has 0 bridgehead atoms. The third-order valence-electron chi connectivity index (χ3n) is 2.78. The molecule has 100 valence electrons. The van der Waals surface area contributed by atoms with Crippen molar-refractivity contribution in [1.29, 1.82) is 0 Å². The molecule has 1 aromatic carbocycles. The van der Waals surface area contributed by atoms with Crippen LogP contribution in [0.2, 0.25) is 0 Å². The van der Waals surface area contributed by atoms with Gasteiger partial charge in [0.1, 0.15) is 5.82 Å². The first-order valence-electron chi connectivity index (χ1n) is 6.04. The Morgan fingerprint density at radius 2 is 2.26 bits per heavy atom. The van der Waals surface area contributed by atoms with Crippen LogP contribution in [0.15, 0.2) is 30.6 Å². The van der Waals surface area contributed by atoms with Crippen LogP contribution in [0.5, 0.6) is 0 Å². The van der Waals surface area contributed by atoms with Crippen molar-refractivity contribution in [2.75, 3.05) is 6.61 Å². The second-order valence-electron chi connectivity index (χ2n) is 4.22. The molecule has 1 heterocycles. The first-order chi connectivity index (χ1) is 9.10. The monoisotopic (exact) mass is 262 g/mol. The van der Waals surface area contributed by atoms with E-state index in [1.54, 1.807) is 23.9 Å². The Balaban J connectivity index is 2.13. The third-order valence-corrected chi connectivity index (χ3v) is 2.78. The smallest absolute Gasteiger partial charge is 0.341 e. The molecule has 0 spiro atoms. The lowest BCUT2D eigenvalue weighted by molar-refractivity contribution is 0.0526. The van der Waals surface area contributed by atoms with E-state index in [0.717, 1.165) is 11.1 Å². The molecule has 0 N–H and O–H groups in total. The minimum absolute atomic E-state index is 0.256. The average Bonchev–Trinajstić information content (AvgIpc) is 2.82. The van der Waals surface area contributed by atoms with Crippen LogP contribution >= 0.6 is 0 Å². The van der Waals surface area contributed by atoms with Gasteiger partial charge < -0.3 is 4.74 Å². The van der Waals surface area contributed by atoms with Crippen LogP contribution in [-0.2, 0) is 11.3 Å². The number of benzene rings is 1. The summed E-state index contributed by atoms with van der Waals surface area (Å²) in [5.74, 6) is -0.640. The Kier molecular flexibility index (Phi) is 3.94. The highest BCUT2D eigenvalue weighted by molar-refractivity contribution is 5.88. The van der Waals surface area contributed by atoms with Crippen LogP contribution in [0, 0.1) is 12.7 Å². The zero-order valence-electron chi connectivity index (χ0n) is 10.9. The first-order valence-corrected chi connectivity index (χ1v) is 6.04. The van der Waals surface area contributed by atoms with Crippen LogP contribution in [0.25, 0.3) is 0 Å². The fourth-order valence-electron chi connectivity index (χ4n) is 1.78. The predicted octanol–water partition coefficient (Wildman–Crippen LogP) is 2.56. The fraction of sp³-hybridized carbons (Fsp3) is 0.286. The lowest BCUT2D eigenvalue weighted by Gasteiger charge is -2.05. The molecule has 0 saturated heterocycles. The van der Waals surface area contributed by atoms with E-state index >= 15 is 0 Å². The van der Waals surface area contributed by atoms with Gasteiger partial charge in [0.15, 0.2) is 0 Å². The largest absolute Gasteiger partial charge is 0.462 e. The quantitative estimate of drug-likeness (QED) is 0.795. The molecule has 0 aliphatic heterocycles. The molecule has 0 atom stereocenters. The van der Waals surface area contributed by atoms with Crippen LogP contribution in [0.4, 0.5) is 4.39 Å². The highest BCUT2D eigenvalue weighted by Crippen LogP contribution is 2.12. The van der Waals surface area contributed by atoms with Crippen LogP contribution < -0.4 is 0 Å². The summed E-state index contributed by atoms with van der Waals surface area (Å²) in [5.41, 5.74) is 2.23. The van der Waals surface area contributed by atoms with Gasteiger partial charge in [-0.05, 0) is 37.1 Å². The number of aryl methyl sites for hydroxylation is 1. The average molecular weight is 262 g/mol. The Morgan fingerprint density at radius 1 is 1.47 bits per heavy atom. The summed E-state index contributed by atoms with van der Waals surface area (Å²) in [6.45, 7) is 4.42. The maximum atomic E-state index is 13.0. The maximum Gasteiger partial charge on any atom is 0.341 e. The molecule has 4 nitrogen and oxygen atoms in total. The van der Waals surface area contributed by atoms with E-state index in [9.17, 15) is 9.18 Å². The van der Waals surface area contributed by atoms with E-state index < -0.39 is 0 Å². The lowest BCUT2D eigenvalue weighted by Crippen LogP contribution is -2.04. The minimum atomic E-state index is -0.385. The van der Waals surface area contributed by atoms with Gasteiger partial charge in [0.05, 0.1) is 24.9 Å². The van der Waals surface area contributed by atoms with Crippen molar-refractivity contribution in [2.45, 2.75) is 20.4 Å². The molecule has 5 heteroatoms. The summed E-state index contributed by atoms with van der Waals surface area (Å²) < 4.78 is 19.5. The Morgan fingerprint density at radius 3 is 2.95 bits per heavy atom. The molecule has 2 rings (SSSR count). The zero-order chi connectivity index (χ0) is 13.8. The molecule has 0 aliphatic rings. The van der Waals surface area contributed by atoms with Gasteiger partial charge in [0.25, 0.3) is 0 Å². The number of rotatable bonds is 4. The molecular formula is C14H15FN2O2. The van der Waals surface area contributed by atoms with Crippen molar-refractivity contribution in [3.63, 3.8) is 0 Å². The van der Waals surface area contributed by atoms with Crippen molar-refractivity contribution >= 4 is 5.97 Å². The van der Waals surface area contributed by atoms with E-state index in [1.165, 1.54) is 18.3 Å². The number of halogens is 1. The first kappa shape index (κ1) is 13.3. The molecule has 19 heavy (non-hydrogen) atoms. The minimum Gasteiger partial charge on any atom is -0.462 e. The molecule has 1 aromatic heterocycles. The Bertz CT molecular complexity index is 593. The van der Waals surface area contributed by atoms with E-state index in [2.05, 4.69) is 5.10 Å². The second-order valence-corrected chi connectivity index (χ2v) is 4.22. The van der Waals surface area contributed by atoms with Crippen molar-refractivity contribution in [3.8, 4) is 0 Å². The summed E-state index contributed by atoms with van der Waals surface area (Å²) in [6, 6.07) is 4.61. The van der Waals surface area contributed by atoms with Gasteiger partial charge in [0, 0.05) is 6.20 Å². The maximum absolute atomic E-state index is 13.0. The van der Waals surface area contributed by atoms with E-state index in [4.69, 9.17) is 4.74 Å². The van der Waals surface area contributed by atoms with Crippen LogP contribution in [-0.4, -0.2) is 22.4 Å². The molecule has 0 amide bonds.